The van der Waals surface area contributed by atoms with Gasteiger partial charge >= 0.3 is 0 Å². The average molecular weight is 256 g/mol. The number of halogens is 1. The molecule has 0 spiro atoms. The molecule has 96 valence electrons. The summed E-state index contributed by atoms with van der Waals surface area (Å²) in [6.45, 7) is 5.51. The monoisotopic (exact) mass is 255 g/mol. The number of nitrogens with one attached hydrogen (secondary N) is 1. The smallest absolute Gasteiger partial charge is 0.122 e. The van der Waals surface area contributed by atoms with Gasteiger partial charge in [-0.05, 0) is 55.6 Å². The van der Waals surface area contributed by atoms with Crippen LogP contribution >= 0.6 is 11.6 Å². The van der Waals surface area contributed by atoms with E-state index in [0.717, 1.165) is 23.7 Å². The van der Waals surface area contributed by atoms with Gasteiger partial charge < -0.3 is 10.1 Å². The van der Waals surface area contributed by atoms with Gasteiger partial charge in [-0.3, -0.25) is 0 Å². The Morgan fingerprint density at radius 1 is 1.35 bits per heavy atom. The summed E-state index contributed by atoms with van der Waals surface area (Å²) in [7, 11) is 3.69. The molecule has 0 heterocycles. The van der Waals surface area contributed by atoms with Crippen LogP contribution in [0.25, 0.3) is 0 Å². The molecule has 0 fully saturated rings. The highest BCUT2D eigenvalue weighted by molar-refractivity contribution is 6.30. The van der Waals surface area contributed by atoms with Crippen molar-refractivity contribution >= 4 is 11.6 Å². The Bertz CT molecular complexity index is 352. The third-order valence-corrected chi connectivity index (χ3v) is 3.37. The van der Waals surface area contributed by atoms with Crippen LogP contribution in [0, 0.1) is 11.8 Å². The molecule has 2 nitrogen and oxygen atoms in total. The first kappa shape index (κ1) is 14.3. The molecular weight excluding hydrogens is 234 g/mol. The van der Waals surface area contributed by atoms with Gasteiger partial charge in [0.15, 0.2) is 0 Å². The second-order valence-electron chi connectivity index (χ2n) is 4.72. The molecule has 1 rings (SSSR count). The van der Waals surface area contributed by atoms with Crippen LogP contribution in [0.15, 0.2) is 18.2 Å². The maximum Gasteiger partial charge on any atom is 0.122 e. The highest BCUT2D eigenvalue weighted by atomic mass is 35.5. The first-order chi connectivity index (χ1) is 8.08. The van der Waals surface area contributed by atoms with Gasteiger partial charge in [0.1, 0.15) is 5.75 Å². The summed E-state index contributed by atoms with van der Waals surface area (Å²) < 4.78 is 5.38. The van der Waals surface area contributed by atoms with Crippen molar-refractivity contribution in [2.24, 2.45) is 11.8 Å². The van der Waals surface area contributed by atoms with Crippen molar-refractivity contribution < 1.29 is 4.74 Å². The molecule has 1 unspecified atom stereocenters. The topological polar surface area (TPSA) is 21.3 Å². The van der Waals surface area contributed by atoms with E-state index in [1.807, 2.05) is 25.2 Å². The number of hydrogen-bond donors (Lipinski definition) is 1. The van der Waals surface area contributed by atoms with E-state index in [4.69, 9.17) is 16.3 Å². The molecule has 1 aromatic rings. The van der Waals surface area contributed by atoms with Crippen LogP contribution in [0.1, 0.15) is 19.4 Å². The predicted molar refractivity (Wildman–Crippen MR) is 74.0 cm³/mol. The second kappa shape index (κ2) is 6.87. The highest BCUT2D eigenvalue weighted by Crippen LogP contribution is 2.27. The fourth-order valence-electron chi connectivity index (χ4n) is 1.99. The van der Waals surface area contributed by atoms with Crippen molar-refractivity contribution in [1.82, 2.24) is 5.32 Å². The number of ether oxygens (including phenoxy) is 1. The lowest BCUT2D eigenvalue weighted by molar-refractivity contribution is 0.358. The van der Waals surface area contributed by atoms with Crippen LogP contribution < -0.4 is 10.1 Å². The highest BCUT2D eigenvalue weighted by Gasteiger charge is 2.15. The first-order valence-electron chi connectivity index (χ1n) is 6.05. The average Bonchev–Trinajstić information content (AvgIpc) is 2.28. The number of rotatable bonds is 6. The summed E-state index contributed by atoms with van der Waals surface area (Å²) in [5.41, 5.74) is 1.19. The standard InChI is InChI=1S/C14H22ClNO/c1-10(2)12(9-16-3)7-11-8-13(15)5-6-14(11)17-4/h5-6,8,10,12,16H,7,9H2,1-4H3. The van der Waals surface area contributed by atoms with E-state index in [-0.39, 0.29) is 0 Å². The van der Waals surface area contributed by atoms with Gasteiger partial charge in [0, 0.05) is 5.02 Å². The number of hydrogen-bond acceptors (Lipinski definition) is 2. The van der Waals surface area contributed by atoms with E-state index in [2.05, 4.69) is 19.2 Å². The Morgan fingerprint density at radius 3 is 2.59 bits per heavy atom. The minimum absolute atomic E-state index is 0.590. The van der Waals surface area contributed by atoms with E-state index in [0.29, 0.717) is 11.8 Å². The first-order valence-corrected chi connectivity index (χ1v) is 6.43. The minimum atomic E-state index is 0.590. The summed E-state index contributed by atoms with van der Waals surface area (Å²) in [5.74, 6) is 2.15. The Labute approximate surface area is 109 Å². The zero-order chi connectivity index (χ0) is 12.8. The third-order valence-electron chi connectivity index (χ3n) is 3.13. The second-order valence-corrected chi connectivity index (χ2v) is 5.16. The van der Waals surface area contributed by atoms with Crippen molar-refractivity contribution in [3.05, 3.63) is 28.8 Å². The van der Waals surface area contributed by atoms with E-state index in [1.165, 1.54) is 5.56 Å². The Balaban J connectivity index is 2.87. The molecule has 3 heteroatoms. The molecule has 1 atom stereocenters. The zero-order valence-corrected chi connectivity index (χ0v) is 11.8. The minimum Gasteiger partial charge on any atom is -0.496 e. The van der Waals surface area contributed by atoms with Crippen LogP contribution in [-0.4, -0.2) is 20.7 Å². The van der Waals surface area contributed by atoms with Gasteiger partial charge in [0.05, 0.1) is 7.11 Å². The van der Waals surface area contributed by atoms with Crippen molar-refractivity contribution in [2.75, 3.05) is 20.7 Å². The molecule has 0 aromatic heterocycles. The molecule has 0 saturated heterocycles. The van der Waals surface area contributed by atoms with E-state index >= 15 is 0 Å². The predicted octanol–water partition coefficient (Wildman–Crippen LogP) is 3.38. The van der Waals surface area contributed by atoms with Crippen LogP contribution in [0.5, 0.6) is 5.75 Å². The van der Waals surface area contributed by atoms with Crippen molar-refractivity contribution in [1.29, 1.82) is 0 Å². The van der Waals surface area contributed by atoms with Crippen molar-refractivity contribution in [3.63, 3.8) is 0 Å². The van der Waals surface area contributed by atoms with Gasteiger partial charge in [-0.2, -0.15) is 0 Å². The number of benzene rings is 1. The lowest BCUT2D eigenvalue weighted by Crippen LogP contribution is -2.25. The lowest BCUT2D eigenvalue weighted by atomic mass is 9.89. The Kier molecular flexibility index (Phi) is 5.79. The Hall–Kier alpha value is -0.730. The lowest BCUT2D eigenvalue weighted by Gasteiger charge is -2.21. The molecule has 0 bridgehead atoms. The van der Waals surface area contributed by atoms with Crippen LogP contribution in [-0.2, 0) is 6.42 Å². The van der Waals surface area contributed by atoms with Crippen LogP contribution in [0.3, 0.4) is 0 Å². The van der Waals surface area contributed by atoms with Gasteiger partial charge in [-0.25, -0.2) is 0 Å². The quantitative estimate of drug-likeness (QED) is 0.842. The summed E-state index contributed by atoms with van der Waals surface area (Å²) in [4.78, 5) is 0. The van der Waals surface area contributed by atoms with Gasteiger partial charge in [0.25, 0.3) is 0 Å². The molecule has 1 aromatic carbocycles. The van der Waals surface area contributed by atoms with Crippen molar-refractivity contribution in [3.8, 4) is 5.75 Å². The molecule has 0 saturated carbocycles. The van der Waals surface area contributed by atoms with Gasteiger partial charge in [-0.1, -0.05) is 25.4 Å². The normalized spacial score (nSPS) is 12.8. The molecule has 0 aliphatic rings. The third kappa shape index (κ3) is 4.21. The molecule has 0 amide bonds. The summed E-state index contributed by atoms with van der Waals surface area (Å²) in [6.07, 6.45) is 0.988. The fraction of sp³-hybridized carbons (Fsp3) is 0.571. The summed E-state index contributed by atoms with van der Waals surface area (Å²) >= 11 is 6.04. The number of methoxy groups -OCH3 is 1. The van der Waals surface area contributed by atoms with Crippen LogP contribution in [0.2, 0.25) is 5.02 Å². The van der Waals surface area contributed by atoms with Crippen LogP contribution in [0.4, 0.5) is 0 Å². The molecule has 0 radical (unpaired) electrons. The van der Waals surface area contributed by atoms with Gasteiger partial charge in [0.2, 0.25) is 0 Å². The Morgan fingerprint density at radius 2 is 2.06 bits per heavy atom. The molecule has 0 aliphatic carbocycles. The van der Waals surface area contributed by atoms with E-state index < -0.39 is 0 Å². The maximum absolute atomic E-state index is 6.04. The molecular formula is C14H22ClNO. The zero-order valence-electron chi connectivity index (χ0n) is 11.1. The largest absolute Gasteiger partial charge is 0.496 e. The maximum atomic E-state index is 6.04. The molecule has 1 N–H and O–H groups in total. The summed E-state index contributed by atoms with van der Waals surface area (Å²) in [5, 5.41) is 4.02. The SMILES string of the molecule is CNCC(Cc1cc(Cl)ccc1OC)C(C)C. The fourth-order valence-corrected chi connectivity index (χ4v) is 2.19. The molecule has 17 heavy (non-hydrogen) atoms. The van der Waals surface area contributed by atoms with Gasteiger partial charge in [-0.15, -0.1) is 0 Å². The van der Waals surface area contributed by atoms with E-state index in [9.17, 15) is 0 Å². The summed E-state index contributed by atoms with van der Waals surface area (Å²) in [6, 6.07) is 5.81. The van der Waals surface area contributed by atoms with Crippen molar-refractivity contribution in [2.45, 2.75) is 20.3 Å². The van der Waals surface area contributed by atoms with E-state index in [1.54, 1.807) is 7.11 Å². The molecule has 0 aliphatic heterocycles.